The van der Waals surface area contributed by atoms with Crippen molar-refractivity contribution in [1.29, 1.82) is 5.26 Å². The molecule has 0 amide bonds. The minimum Gasteiger partial charge on any atom is -0.384 e. The lowest BCUT2D eigenvalue weighted by Gasteiger charge is -2.09. The van der Waals surface area contributed by atoms with E-state index in [9.17, 15) is 0 Å². The smallest absolute Gasteiger partial charge is 0.0674 e. The molecule has 1 atom stereocenters. The predicted octanol–water partition coefficient (Wildman–Crippen LogP) is 2.87. The number of nitrogens with one attached hydrogen (secondary N) is 1. The van der Waals surface area contributed by atoms with Gasteiger partial charge in [-0.1, -0.05) is 18.2 Å². The Bertz CT molecular complexity index is 292. The van der Waals surface area contributed by atoms with Crippen LogP contribution in [0.4, 0.5) is 5.69 Å². The first-order valence-corrected chi connectivity index (χ1v) is 5.14. The summed E-state index contributed by atoms with van der Waals surface area (Å²) >= 11 is 5.58. The van der Waals surface area contributed by atoms with Gasteiger partial charge in [0.2, 0.25) is 0 Å². The Hall–Kier alpha value is -1.20. The SMILES string of the molecule is N#CC(CCCl)CNc1ccccc1. The fourth-order valence-electron chi connectivity index (χ4n) is 1.14. The van der Waals surface area contributed by atoms with Crippen molar-refractivity contribution in [1.82, 2.24) is 0 Å². The standard InChI is InChI=1S/C11H13ClN2/c12-7-6-10(8-13)9-14-11-4-2-1-3-5-11/h1-5,10,14H,6-7,9H2. The van der Waals surface area contributed by atoms with Crippen LogP contribution in [0.2, 0.25) is 0 Å². The molecule has 1 unspecified atom stereocenters. The van der Waals surface area contributed by atoms with Crippen molar-refractivity contribution in [2.24, 2.45) is 5.92 Å². The van der Waals surface area contributed by atoms with Crippen LogP contribution in [-0.4, -0.2) is 12.4 Å². The van der Waals surface area contributed by atoms with Crippen LogP contribution >= 0.6 is 11.6 Å². The highest BCUT2D eigenvalue weighted by Crippen LogP contribution is 2.08. The zero-order valence-corrected chi connectivity index (χ0v) is 8.67. The zero-order valence-electron chi connectivity index (χ0n) is 7.91. The van der Waals surface area contributed by atoms with Gasteiger partial charge in [0, 0.05) is 18.1 Å². The summed E-state index contributed by atoms with van der Waals surface area (Å²) in [7, 11) is 0. The van der Waals surface area contributed by atoms with Gasteiger partial charge >= 0.3 is 0 Å². The van der Waals surface area contributed by atoms with Crippen molar-refractivity contribution in [3.63, 3.8) is 0 Å². The lowest BCUT2D eigenvalue weighted by molar-refractivity contribution is 0.678. The molecule has 1 N–H and O–H groups in total. The largest absolute Gasteiger partial charge is 0.384 e. The van der Waals surface area contributed by atoms with E-state index in [0.29, 0.717) is 12.4 Å². The van der Waals surface area contributed by atoms with Gasteiger partial charge in [-0.2, -0.15) is 5.26 Å². The maximum absolute atomic E-state index is 8.79. The summed E-state index contributed by atoms with van der Waals surface area (Å²) in [6.45, 7) is 0.660. The Morgan fingerprint density at radius 1 is 1.36 bits per heavy atom. The van der Waals surface area contributed by atoms with Gasteiger partial charge in [0.1, 0.15) is 0 Å². The van der Waals surface area contributed by atoms with Crippen LogP contribution in [0.25, 0.3) is 0 Å². The van der Waals surface area contributed by atoms with E-state index >= 15 is 0 Å². The van der Waals surface area contributed by atoms with E-state index in [2.05, 4.69) is 11.4 Å². The molecular formula is C11H13ClN2. The molecule has 0 spiro atoms. The molecule has 0 aliphatic heterocycles. The van der Waals surface area contributed by atoms with Gasteiger partial charge in [-0.05, 0) is 18.6 Å². The van der Waals surface area contributed by atoms with Crippen molar-refractivity contribution in [3.8, 4) is 6.07 Å². The molecule has 1 rings (SSSR count). The van der Waals surface area contributed by atoms with Gasteiger partial charge in [-0.25, -0.2) is 0 Å². The number of rotatable bonds is 5. The summed E-state index contributed by atoms with van der Waals surface area (Å²) in [5.74, 6) is 0.530. The second kappa shape index (κ2) is 6.28. The number of hydrogen-bond donors (Lipinski definition) is 1. The van der Waals surface area contributed by atoms with Crippen molar-refractivity contribution in [2.75, 3.05) is 17.7 Å². The van der Waals surface area contributed by atoms with E-state index < -0.39 is 0 Å². The number of halogens is 1. The molecule has 2 nitrogen and oxygen atoms in total. The van der Waals surface area contributed by atoms with Crippen LogP contribution in [-0.2, 0) is 0 Å². The highest BCUT2D eigenvalue weighted by Gasteiger charge is 2.05. The van der Waals surface area contributed by atoms with E-state index in [1.807, 2.05) is 30.3 Å². The van der Waals surface area contributed by atoms with Crippen molar-refractivity contribution in [3.05, 3.63) is 30.3 Å². The molecule has 1 aromatic carbocycles. The maximum atomic E-state index is 8.79. The second-order valence-electron chi connectivity index (χ2n) is 3.05. The Morgan fingerprint density at radius 3 is 2.64 bits per heavy atom. The fraction of sp³-hybridized carbons (Fsp3) is 0.364. The number of nitrogens with zero attached hydrogens (tertiary/aromatic N) is 1. The molecule has 1 aromatic rings. The van der Waals surface area contributed by atoms with E-state index in [0.717, 1.165) is 12.1 Å². The fourth-order valence-corrected chi connectivity index (χ4v) is 1.40. The minimum atomic E-state index is -0.00675. The number of anilines is 1. The Balaban J connectivity index is 2.37. The van der Waals surface area contributed by atoms with Crippen LogP contribution in [0.3, 0.4) is 0 Å². The van der Waals surface area contributed by atoms with Gasteiger partial charge < -0.3 is 5.32 Å². The van der Waals surface area contributed by atoms with Crippen LogP contribution in [0, 0.1) is 17.2 Å². The predicted molar refractivity (Wildman–Crippen MR) is 59.4 cm³/mol. The molecule has 0 saturated carbocycles. The first-order chi connectivity index (χ1) is 6.86. The number of para-hydroxylation sites is 1. The first kappa shape index (κ1) is 10.9. The number of nitriles is 1. The zero-order chi connectivity index (χ0) is 10.2. The van der Waals surface area contributed by atoms with Gasteiger partial charge in [0.25, 0.3) is 0 Å². The number of hydrogen-bond acceptors (Lipinski definition) is 2. The first-order valence-electron chi connectivity index (χ1n) is 4.61. The van der Waals surface area contributed by atoms with Crippen molar-refractivity contribution in [2.45, 2.75) is 6.42 Å². The molecule has 0 aliphatic carbocycles. The Kier molecular flexibility index (Phi) is 4.88. The van der Waals surface area contributed by atoms with Crippen molar-refractivity contribution < 1.29 is 0 Å². The monoisotopic (exact) mass is 208 g/mol. The molecule has 74 valence electrons. The molecule has 0 aromatic heterocycles. The maximum Gasteiger partial charge on any atom is 0.0674 e. The summed E-state index contributed by atoms with van der Waals surface area (Å²) < 4.78 is 0. The Labute approximate surface area is 89.5 Å². The van der Waals surface area contributed by atoms with Gasteiger partial charge in [-0.15, -0.1) is 11.6 Å². The molecule has 3 heteroatoms. The van der Waals surface area contributed by atoms with E-state index in [1.165, 1.54) is 0 Å². The molecule has 0 bridgehead atoms. The summed E-state index contributed by atoms with van der Waals surface area (Å²) in [4.78, 5) is 0. The molecule has 0 heterocycles. The third kappa shape index (κ3) is 3.68. The summed E-state index contributed by atoms with van der Waals surface area (Å²) in [5.41, 5.74) is 1.04. The minimum absolute atomic E-state index is 0.00675. The summed E-state index contributed by atoms with van der Waals surface area (Å²) in [6, 6.07) is 12.1. The highest BCUT2D eigenvalue weighted by molar-refractivity contribution is 6.17. The number of alkyl halides is 1. The molecular weight excluding hydrogens is 196 g/mol. The normalized spacial score (nSPS) is 11.7. The van der Waals surface area contributed by atoms with Crippen LogP contribution < -0.4 is 5.32 Å². The van der Waals surface area contributed by atoms with Crippen molar-refractivity contribution >= 4 is 17.3 Å². The second-order valence-corrected chi connectivity index (χ2v) is 3.43. The van der Waals surface area contributed by atoms with Gasteiger partial charge in [0.05, 0.1) is 12.0 Å². The lowest BCUT2D eigenvalue weighted by atomic mass is 10.1. The van der Waals surface area contributed by atoms with E-state index in [1.54, 1.807) is 0 Å². The van der Waals surface area contributed by atoms with Crippen LogP contribution in [0.15, 0.2) is 30.3 Å². The molecule has 0 radical (unpaired) electrons. The number of benzene rings is 1. The lowest BCUT2D eigenvalue weighted by Crippen LogP contribution is -2.13. The molecule has 0 fully saturated rings. The van der Waals surface area contributed by atoms with Crippen LogP contribution in [0.5, 0.6) is 0 Å². The highest BCUT2D eigenvalue weighted by atomic mass is 35.5. The summed E-state index contributed by atoms with van der Waals surface area (Å²) in [6.07, 6.45) is 0.734. The average molecular weight is 209 g/mol. The molecule has 0 saturated heterocycles. The van der Waals surface area contributed by atoms with Crippen LogP contribution in [0.1, 0.15) is 6.42 Å². The quantitative estimate of drug-likeness (QED) is 0.756. The topological polar surface area (TPSA) is 35.8 Å². The summed E-state index contributed by atoms with van der Waals surface area (Å²) in [5, 5.41) is 12.0. The van der Waals surface area contributed by atoms with E-state index in [4.69, 9.17) is 16.9 Å². The molecule has 0 aliphatic rings. The average Bonchev–Trinajstić information content (AvgIpc) is 2.25. The Morgan fingerprint density at radius 2 is 2.07 bits per heavy atom. The van der Waals surface area contributed by atoms with Gasteiger partial charge in [-0.3, -0.25) is 0 Å². The molecule has 14 heavy (non-hydrogen) atoms. The van der Waals surface area contributed by atoms with E-state index in [-0.39, 0.29) is 5.92 Å². The third-order valence-corrected chi connectivity index (χ3v) is 2.18. The van der Waals surface area contributed by atoms with Gasteiger partial charge in [0.15, 0.2) is 0 Å². The third-order valence-electron chi connectivity index (χ3n) is 1.97.